The molecule has 0 aromatic heterocycles. The fraction of sp³-hybridized carbons (Fsp3) is 1.00. The first-order valence-corrected chi connectivity index (χ1v) is 4.90. The van der Waals surface area contributed by atoms with Crippen LogP contribution < -0.4 is 5.32 Å². The van der Waals surface area contributed by atoms with Crippen LogP contribution in [0.3, 0.4) is 0 Å². The molecule has 0 aliphatic carbocycles. The highest BCUT2D eigenvalue weighted by Gasteiger charge is 2.11. The molecule has 2 nitrogen and oxygen atoms in total. The van der Waals surface area contributed by atoms with E-state index in [1.54, 1.807) is 0 Å². The van der Waals surface area contributed by atoms with E-state index in [1.165, 1.54) is 0 Å². The Balaban J connectivity index is 3.58. The van der Waals surface area contributed by atoms with Gasteiger partial charge >= 0.3 is 0 Å². The van der Waals surface area contributed by atoms with Gasteiger partial charge in [0.05, 0.1) is 12.7 Å². The summed E-state index contributed by atoms with van der Waals surface area (Å²) in [6.45, 7) is 9.51. The summed E-state index contributed by atoms with van der Waals surface area (Å²) in [6.07, 6.45) is 1.48. The summed E-state index contributed by atoms with van der Waals surface area (Å²) in [5.74, 6) is 0.638. The Kier molecular flexibility index (Phi) is 6.39. The van der Waals surface area contributed by atoms with E-state index in [0.717, 1.165) is 13.0 Å². The van der Waals surface area contributed by atoms with Gasteiger partial charge in [-0.15, -0.1) is 0 Å². The SMILES string of the molecule is CCC(C)OCC(NC)C(C)C. The van der Waals surface area contributed by atoms with Crippen molar-refractivity contribution in [1.82, 2.24) is 5.32 Å². The molecule has 2 atom stereocenters. The third-order valence-electron chi connectivity index (χ3n) is 2.31. The van der Waals surface area contributed by atoms with Crippen LogP contribution in [-0.4, -0.2) is 25.8 Å². The molecule has 12 heavy (non-hydrogen) atoms. The maximum atomic E-state index is 5.64. The zero-order valence-corrected chi connectivity index (χ0v) is 9.05. The van der Waals surface area contributed by atoms with Gasteiger partial charge in [0.15, 0.2) is 0 Å². The van der Waals surface area contributed by atoms with Crippen LogP contribution in [0.5, 0.6) is 0 Å². The molecule has 0 radical (unpaired) electrons. The molecule has 0 aliphatic rings. The van der Waals surface area contributed by atoms with Crippen LogP contribution in [0.15, 0.2) is 0 Å². The molecule has 0 aromatic carbocycles. The van der Waals surface area contributed by atoms with Crippen molar-refractivity contribution in [3.05, 3.63) is 0 Å². The van der Waals surface area contributed by atoms with Crippen molar-refractivity contribution in [2.75, 3.05) is 13.7 Å². The van der Waals surface area contributed by atoms with Crippen LogP contribution >= 0.6 is 0 Å². The summed E-state index contributed by atoms with van der Waals surface area (Å²) in [6, 6.07) is 0.485. The predicted octanol–water partition coefficient (Wildman–Crippen LogP) is 2.05. The van der Waals surface area contributed by atoms with E-state index in [4.69, 9.17) is 4.74 Å². The Hall–Kier alpha value is -0.0800. The van der Waals surface area contributed by atoms with Gasteiger partial charge in [-0.05, 0) is 26.3 Å². The van der Waals surface area contributed by atoms with Crippen molar-refractivity contribution < 1.29 is 4.74 Å². The van der Waals surface area contributed by atoms with Gasteiger partial charge in [0.2, 0.25) is 0 Å². The maximum Gasteiger partial charge on any atom is 0.0625 e. The molecule has 1 N–H and O–H groups in total. The monoisotopic (exact) mass is 173 g/mol. The average molecular weight is 173 g/mol. The minimum absolute atomic E-state index is 0.389. The number of rotatable bonds is 6. The minimum atomic E-state index is 0.389. The van der Waals surface area contributed by atoms with E-state index in [1.807, 2.05) is 7.05 Å². The zero-order valence-electron chi connectivity index (χ0n) is 9.05. The minimum Gasteiger partial charge on any atom is -0.377 e. The molecule has 0 saturated heterocycles. The first-order valence-electron chi connectivity index (χ1n) is 4.90. The first-order chi connectivity index (χ1) is 5.61. The third kappa shape index (κ3) is 4.73. The van der Waals surface area contributed by atoms with Gasteiger partial charge in [0.25, 0.3) is 0 Å². The van der Waals surface area contributed by atoms with Crippen molar-refractivity contribution in [3.8, 4) is 0 Å². The van der Waals surface area contributed by atoms with E-state index in [9.17, 15) is 0 Å². The Morgan fingerprint density at radius 1 is 1.25 bits per heavy atom. The Morgan fingerprint density at radius 3 is 2.17 bits per heavy atom. The molecule has 2 unspecified atom stereocenters. The number of hydrogen-bond donors (Lipinski definition) is 1. The first kappa shape index (κ1) is 11.9. The van der Waals surface area contributed by atoms with E-state index in [2.05, 4.69) is 33.0 Å². The molecule has 0 aliphatic heterocycles. The van der Waals surface area contributed by atoms with Gasteiger partial charge in [0, 0.05) is 6.04 Å². The summed E-state index contributed by atoms with van der Waals surface area (Å²) < 4.78 is 5.64. The van der Waals surface area contributed by atoms with Gasteiger partial charge in [-0.2, -0.15) is 0 Å². The zero-order chi connectivity index (χ0) is 9.56. The molecule has 0 spiro atoms. The van der Waals surface area contributed by atoms with Gasteiger partial charge in [0.1, 0.15) is 0 Å². The number of likely N-dealkylation sites (N-methyl/N-ethyl adjacent to an activating group) is 1. The summed E-state index contributed by atoms with van der Waals surface area (Å²) in [5.41, 5.74) is 0. The normalized spacial score (nSPS) is 16.5. The molecule has 2 heteroatoms. The highest BCUT2D eigenvalue weighted by atomic mass is 16.5. The summed E-state index contributed by atoms with van der Waals surface area (Å²) in [5, 5.41) is 3.26. The fourth-order valence-corrected chi connectivity index (χ4v) is 0.995. The molecular weight excluding hydrogens is 150 g/mol. The Morgan fingerprint density at radius 2 is 1.83 bits per heavy atom. The molecular formula is C10H23NO. The van der Waals surface area contributed by atoms with Crippen molar-refractivity contribution in [2.45, 2.75) is 46.3 Å². The predicted molar refractivity (Wildman–Crippen MR) is 53.4 cm³/mol. The van der Waals surface area contributed by atoms with Gasteiger partial charge in [-0.3, -0.25) is 0 Å². The van der Waals surface area contributed by atoms with Gasteiger partial charge in [-0.25, -0.2) is 0 Å². The molecule has 0 saturated carbocycles. The van der Waals surface area contributed by atoms with E-state index >= 15 is 0 Å². The molecule has 0 rings (SSSR count). The van der Waals surface area contributed by atoms with Crippen LogP contribution in [-0.2, 0) is 4.74 Å². The van der Waals surface area contributed by atoms with Crippen LogP contribution in [0.2, 0.25) is 0 Å². The lowest BCUT2D eigenvalue weighted by Gasteiger charge is -2.22. The summed E-state index contributed by atoms with van der Waals surface area (Å²) in [7, 11) is 1.99. The third-order valence-corrected chi connectivity index (χ3v) is 2.31. The summed E-state index contributed by atoms with van der Waals surface area (Å²) >= 11 is 0. The maximum absolute atomic E-state index is 5.64. The van der Waals surface area contributed by atoms with Gasteiger partial charge < -0.3 is 10.1 Å². The number of nitrogens with one attached hydrogen (secondary N) is 1. The highest BCUT2D eigenvalue weighted by Crippen LogP contribution is 2.04. The van der Waals surface area contributed by atoms with E-state index in [0.29, 0.717) is 18.1 Å². The van der Waals surface area contributed by atoms with E-state index in [-0.39, 0.29) is 0 Å². The number of ether oxygens (including phenoxy) is 1. The standard InChI is InChI=1S/C10H23NO/c1-6-9(4)12-7-10(11-5)8(2)3/h8-11H,6-7H2,1-5H3. The van der Waals surface area contributed by atoms with Crippen LogP contribution in [0, 0.1) is 5.92 Å². The summed E-state index contributed by atoms with van der Waals surface area (Å²) in [4.78, 5) is 0. The largest absolute Gasteiger partial charge is 0.377 e. The Bertz CT molecular complexity index is 104. The van der Waals surface area contributed by atoms with Gasteiger partial charge in [-0.1, -0.05) is 20.8 Å². The molecule has 0 amide bonds. The highest BCUT2D eigenvalue weighted by molar-refractivity contribution is 4.67. The van der Waals surface area contributed by atoms with Crippen molar-refractivity contribution in [1.29, 1.82) is 0 Å². The van der Waals surface area contributed by atoms with Crippen LogP contribution in [0.25, 0.3) is 0 Å². The molecule has 74 valence electrons. The van der Waals surface area contributed by atoms with Crippen LogP contribution in [0.4, 0.5) is 0 Å². The second-order valence-corrected chi connectivity index (χ2v) is 3.69. The van der Waals surface area contributed by atoms with E-state index < -0.39 is 0 Å². The average Bonchev–Trinajstić information content (AvgIpc) is 2.04. The lowest BCUT2D eigenvalue weighted by molar-refractivity contribution is 0.0407. The smallest absolute Gasteiger partial charge is 0.0625 e. The topological polar surface area (TPSA) is 21.3 Å². The fourth-order valence-electron chi connectivity index (χ4n) is 0.995. The van der Waals surface area contributed by atoms with Crippen molar-refractivity contribution >= 4 is 0 Å². The molecule has 0 fully saturated rings. The second-order valence-electron chi connectivity index (χ2n) is 3.69. The lowest BCUT2D eigenvalue weighted by atomic mass is 10.1. The van der Waals surface area contributed by atoms with Crippen molar-refractivity contribution in [3.63, 3.8) is 0 Å². The molecule has 0 bridgehead atoms. The van der Waals surface area contributed by atoms with Crippen molar-refractivity contribution in [2.24, 2.45) is 5.92 Å². The second kappa shape index (κ2) is 6.44. The van der Waals surface area contributed by atoms with Crippen LogP contribution in [0.1, 0.15) is 34.1 Å². The lowest BCUT2D eigenvalue weighted by Crippen LogP contribution is -2.36. The quantitative estimate of drug-likeness (QED) is 0.663. The Labute approximate surface area is 76.7 Å². The molecule has 0 heterocycles. The number of hydrogen-bond acceptors (Lipinski definition) is 2. The molecule has 0 aromatic rings.